The van der Waals surface area contributed by atoms with Crippen LogP contribution in [0.4, 0.5) is 0 Å². The first-order chi connectivity index (χ1) is 6.56. The summed E-state index contributed by atoms with van der Waals surface area (Å²) >= 11 is 0. The number of carboxylic acid groups (broad SMARTS) is 1. The topological polar surface area (TPSA) is 78.8 Å². The van der Waals surface area contributed by atoms with Gasteiger partial charge < -0.3 is 24.5 Å². The molecule has 5 nitrogen and oxygen atoms in total. The summed E-state index contributed by atoms with van der Waals surface area (Å²) in [7, 11) is 0. The second-order valence-corrected chi connectivity index (χ2v) is 3.68. The fourth-order valence-corrected chi connectivity index (χ4v) is 1.26. The van der Waals surface area contributed by atoms with Gasteiger partial charge in [0.2, 0.25) is 0 Å². The van der Waals surface area contributed by atoms with Crippen LogP contribution in [0.2, 0.25) is 0 Å². The van der Waals surface area contributed by atoms with Crippen LogP contribution >= 0.6 is 0 Å². The van der Waals surface area contributed by atoms with Gasteiger partial charge in [0.25, 0.3) is 0 Å². The Balaban J connectivity index is 2.33. The number of carbonyl (C=O) groups excluding carboxylic acids is 1. The van der Waals surface area contributed by atoms with E-state index in [1.54, 1.807) is 6.92 Å². The van der Waals surface area contributed by atoms with Crippen LogP contribution in [0.1, 0.15) is 19.8 Å². The Kier molecular flexibility index (Phi) is 3.86. The number of ether oxygens (including phenoxy) is 2. The molecule has 0 aromatic carbocycles. The van der Waals surface area contributed by atoms with E-state index in [0.29, 0.717) is 13.2 Å². The Hall–Kier alpha value is -0.650. The molecule has 14 heavy (non-hydrogen) atoms. The van der Waals surface area contributed by atoms with Gasteiger partial charge in [0.1, 0.15) is 0 Å². The highest BCUT2D eigenvalue weighted by atomic mass is 16.7. The summed E-state index contributed by atoms with van der Waals surface area (Å²) < 4.78 is 10.7. The molecule has 0 saturated carbocycles. The SMILES string of the molecule is CC1(CCC(=O)[O-])OCC(CO)CO1. The molecule has 1 heterocycles. The van der Waals surface area contributed by atoms with Crippen molar-refractivity contribution in [2.24, 2.45) is 5.92 Å². The van der Waals surface area contributed by atoms with E-state index < -0.39 is 11.8 Å². The number of rotatable bonds is 4. The lowest BCUT2D eigenvalue weighted by Crippen LogP contribution is -2.43. The standard InChI is InChI=1S/C9H16O5/c1-9(3-2-8(11)12)13-5-7(4-10)6-14-9/h7,10H,2-6H2,1H3,(H,11,12)/p-1. The number of aliphatic carboxylic acids is 1. The van der Waals surface area contributed by atoms with Crippen LogP contribution in [0.25, 0.3) is 0 Å². The minimum absolute atomic E-state index is 0.00831. The quantitative estimate of drug-likeness (QED) is 0.626. The van der Waals surface area contributed by atoms with Gasteiger partial charge >= 0.3 is 0 Å². The molecule has 82 valence electrons. The summed E-state index contributed by atoms with van der Waals surface area (Å²) in [6.07, 6.45) is 0.188. The molecule has 0 aliphatic carbocycles. The second kappa shape index (κ2) is 4.72. The Morgan fingerprint density at radius 2 is 2.14 bits per heavy atom. The number of carboxylic acids is 1. The van der Waals surface area contributed by atoms with Crippen molar-refractivity contribution in [2.45, 2.75) is 25.6 Å². The van der Waals surface area contributed by atoms with Crippen molar-refractivity contribution in [2.75, 3.05) is 19.8 Å². The van der Waals surface area contributed by atoms with Crippen LogP contribution in [0, 0.1) is 5.92 Å². The largest absolute Gasteiger partial charge is 0.550 e. The molecule has 0 aromatic rings. The Morgan fingerprint density at radius 1 is 1.57 bits per heavy atom. The van der Waals surface area contributed by atoms with E-state index in [1.165, 1.54) is 0 Å². The van der Waals surface area contributed by atoms with Crippen molar-refractivity contribution in [1.29, 1.82) is 0 Å². The molecular formula is C9H15O5-. The van der Waals surface area contributed by atoms with Crippen molar-refractivity contribution in [3.05, 3.63) is 0 Å². The molecule has 1 aliphatic heterocycles. The highest BCUT2D eigenvalue weighted by Gasteiger charge is 2.32. The third-order valence-electron chi connectivity index (χ3n) is 2.29. The van der Waals surface area contributed by atoms with Gasteiger partial charge in [-0.2, -0.15) is 0 Å². The number of aliphatic hydroxyl groups excluding tert-OH is 1. The summed E-state index contributed by atoms with van der Waals surface area (Å²) in [6.45, 7) is 2.53. The van der Waals surface area contributed by atoms with Gasteiger partial charge in [0, 0.05) is 18.3 Å². The van der Waals surface area contributed by atoms with Gasteiger partial charge in [0.15, 0.2) is 5.79 Å². The number of carbonyl (C=O) groups is 1. The molecular weight excluding hydrogens is 188 g/mol. The smallest absolute Gasteiger partial charge is 0.165 e. The number of hydrogen-bond donors (Lipinski definition) is 1. The third-order valence-corrected chi connectivity index (χ3v) is 2.29. The number of hydrogen-bond acceptors (Lipinski definition) is 5. The monoisotopic (exact) mass is 203 g/mol. The zero-order valence-corrected chi connectivity index (χ0v) is 8.19. The zero-order chi connectivity index (χ0) is 10.6. The molecule has 1 saturated heterocycles. The summed E-state index contributed by atoms with van der Waals surface area (Å²) in [6, 6.07) is 0. The van der Waals surface area contributed by atoms with E-state index in [4.69, 9.17) is 14.6 Å². The third kappa shape index (κ3) is 3.25. The number of aliphatic hydroxyl groups is 1. The van der Waals surface area contributed by atoms with Crippen LogP contribution in [-0.2, 0) is 14.3 Å². The van der Waals surface area contributed by atoms with Gasteiger partial charge in [-0.25, -0.2) is 0 Å². The minimum atomic E-state index is -1.11. The molecule has 0 radical (unpaired) electrons. The fraction of sp³-hybridized carbons (Fsp3) is 0.889. The Bertz CT molecular complexity index is 195. The van der Waals surface area contributed by atoms with E-state index in [0.717, 1.165) is 0 Å². The molecule has 1 aliphatic rings. The first-order valence-corrected chi connectivity index (χ1v) is 4.64. The van der Waals surface area contributed by atoms with Crippen LogP contribution in [0.3, 0.4) is 0 Å². The summed E-state index contributed by atoms with van der Waals surface area (Å²) in [5.41, 5.74) is 0. The van der Waals surface area contributed by atoms with E-state index >= 15 is 0 Å². The van der Waals surface area contributed by atoms with Crippen LogP contribution in [0.15, 0.2) is 0 Å². The second-order valence-electron chi connectivity index (χ2n) is 3.68. The maximum Gasteiger partial charge on any atom is 0.165 e. The first kappa shape index (κ1) is 11.4. The van der Waals surface area contributed by atoms with E-state index in [2.05, 4.69) is 0 Å². The Morgan fingerprint density at radius 3 is 2.57 bits per heavy atom. The lowest BCUT2D eigenvalue weighted by Gasteiger charge is -2.37. The fourth-order valence-electron chi connectivity index (χ4n) is 1.26. The van der Waals surface area contributed by atoms with E-state index in [1.807, 2.05) is 0 Å². The van der Waals surface area contributed by atoms with Crippen LogP contribution in [-0.4, -0.2) is 36.7 Å². The lowest BCUT2D eigenvalue weighted by molar-refractivity contribution is -0.313. The van der Waals surface area contributed by atoms with Gasteiger partial charge in [-0.1, -0.05) is 0 Å². The zero-order valence-electron chi connectivity index (χ0n) is 8.19. The van der Waals surface area contributed by atoms with Gasteiger partial charge in [0.05, 0.1) is 19.8 Å². The van der Waals surface area contributed by atoms with Crippen molar-refractivity contribution in [1.82, 2.24) is 0 Å². The van der Waals surface area contributed by atoms with Gasteiger partial charge in [-0.05, 0) is 13.3 Å². The molecule has 0 aromatic heterocycles. The maximum atomic E-state index is 10.2. The molecule has 0 atom stereocenters. The van der Waals surface area contributed by atoms with Crippen LogP contribution < -0.4 is 5.11 Å². The van der Waals surface area contributed by atoms with Crippen LogP contribution in [0.5, 0.6) is 0 Å². The van der Waals surface area contributed by atoms with Crippen molar-refractivity contribution < 1.29 is 24.5 Å². The maximum absolute atomic E-state index is 10.2. The molecule has 1 fully saturated rings. The Labute approximate surface area is 82.6 Å². The molecule has 0 amide bonds. The predicted molar refractivity (Wildman–Crippen MR) is 45.1 cm³/mol. The van der Waals surface area contributed by atoms with Crippen molar-refractivity contribution in [3.8, 4) is 0 Å². The molecule has 5 heteroatoms. The van der Waals surface area contributed by atoms with Crippen molar-refractivity contribution in [3.63, 3.8) is 0 Å². The molecule has 0 spiro atoms. The average Bonchev–Trinajstić information content (AvgIpc) is 2.16. The summed E-state index contributed by atoms with van der Waals surface area (Å²) in [5, 5.41) is 19.1. The minimum Gasteiger partial charge on any atom is -0.550 e. The molecule has 0 unspecified atom stereocenters. The molecule has 1 rings (SSSR count). The van der Waals surface area contributed by atoms with E-state index in [-0.39, 0.29) is 25.4 Å². The summed E-state index contributed by atoms with van der Waals surface area (Å²) in [4.78, 5) is 10.2. The van der Waals surface area contributed by atoms with Crippen molar-refractivity contribution >= 4 is 5.97 Å². The predicted octanol–water partition coefficient (Wildman–Crippen LogP) is -1.11. The highest BCUT2D eigenvalue weighted by molar-refractivity contribution is 5.64. The average molecular weight is 203 g/mol. The lowest BCUT2D eigenvalue weighted by atomic mass is 10.1. The van der Waals surface area contributed by atoms with Gasteiger partial charge in [-0.3, -0.25) is 0 Å². The van der Waals surface area contributed by atoms with E-state index in [9.17, 15) is 9.90 Å². The summed E-state index contributed by atoms with van der Waals surface area (Å²) in [5.74, 6) is -1.96. The molecule has 0 bridgehead atoms. The molecule has 1 N–H and O–H groups in total. The first-order valence-electron chi connectivity index (χ1n) is 4.64. The van der Waals surface area contributed by atoms with Gasteiger partial charge in [-0.15, -0.1) is 0 Å². The highest BCUT2D eigenvalue weighted by Crippen LogP contribution is 2.25. The normalized spacial score (nSPS) is 32.9.